The van der Waals surface area contributed by atoms with Crippen LogP contribution in [0.25, 0.3) is 0 Å². The van der Waals surface area contributed by atoms with Crippen LogP contribution < -0.4 is 5.32 Å². The quantitative estimate of drug-likeness (QED) is 0.911. The van der Waals surface area contributed by atoms with Gasteiger partial charge < -0.3 is 10.2 Å². The first kappa shape index (κ1) is 15.9. The predicted octanol–water partition coefficient (Wildman–Crippen LogP) is 3.14. The van der Waals surface area contributed by atoms with Crippen LogP contribution in [0.1, 0.15) is 64.5 Å². The third-order valence-corrected chi connectivity index (χ3v) is 4.43. The molecule has 2 heterocycles. The molecule has 2 aliphatic rings. The Kier molecular flexibility index (Phi) is 5.26. The Morgan fingerprint density at radius 1 is 1.43 bits per heavy atom. The maximum Gasteiger partial charge on any atom is 0.317 e. The second kappa shape index (κ2) is 6.96. The lowest BCUT2D eigenvalue weighted by Gasteiger charge is -2.31. The third kappa shape index (κ3) is 2.92. The lowest BCUT2D eigenvalue weighted by atomic mass is 9.92. The van der Waals surface area contributed by atoms with Crippen molar-refractivity contribution in [3.05, 3.63) is 17.0 Å². The van der Waals surface area contributed by atoms with Crippen LogP contribution in [0.15, 0.2) is 0 Å². The summed E-state index contributed by atoms with van der Waals surface area (Å²) in [7, 11) is 1.69. The van der Waals surface area contributed by atoms with Crippen LogP contribution in [-0.4, -0.2) is 34.3 Å². The minimum Gasteiger partial charge on any atom is -0.341 e. The molecule has 1 aliphatic heterocycles. The van der Waals surface area contributed by atoms with Gasteiger partial charge in [0.05, 0.1) is 18.3 Å². The summed E-state index contributed by atoms with van der Waals surface area (Å²) in [6.07, 6.45) is 5.73. The Labute approximate surface area is 129 Å². The van der Waals surface area contributed by atoms with E-state index < -0.39 is 0 Å². The van der Waals surface area contributed by atoms with Gasteiger partial charge >= 0.3 is 6.03 Å². The topological polar surface area (TPSA) is 50.2 Å². The number of hydrogen-bond donors (Lipinski definition) is 1. The first-order chi connectivity index (χ1) is 10.2. The van der Waals surface area contributed by atoms with Crippen molar-refractivity contribution in [3.8, 4) is 0 Å². The number of aromatic nitrogens is 2. The Morgan fingerprint density at radius 3 is 2.67 bits per heavy atom. The number of nitrogens with zero attached hydrogens (tertiary/aromatic N) is 3. The molecule has 1 N–H and O–H groups in total. The minimum absolute atomic E-state index is 0. The van der Waals surface area contributed by atoms with Crippen LogP contribution in [0.5, 0.6) is 0 Å². The van der Waals surface area contributed by atoms with Crippen molar-refractivity contribution in [1.82, 2.24) is 20.0 Å². The molecule has 0 atom stereocenters. The average Bonchev–Trinajstić information content (AvgIpc) is 2.84. The second-order valence-electron chi connectivity index (χ2n) is 5.48. The molecule has 1 aromatic rings. The number of urea groups is 1. The Morgan fingerprint density at radius 2 is 2.14 bits per heavy atom. The first-order valence-corrected chi connectivity index (χ1v) is 8.30. The molecule has 1 saturated carbocycles. The van der Waals surface area contributed by atoms with Crippen molar-refractivity contribution in [3.63, 3.8) is 0 Å². The Balaban J connectivity index is 0.000000775. The highest BCUT2D eigenvalue weighted by Crippen LogP contribution is 2.35. The van der Waals surface area contributed by atoms with Crippen molar-refractivity contribution in [2.24, 2.45) is 0 Å². The van der Waals surface area contributed by atoms with E-state index in [-0.39, 0.29) is 7.46 Å². The summed E-state index contributed by atoms with van der Waals surface area (Å²) in [6.45, 7) is 7.66. The van der Waals surface area contributed by atoms with Gasteiger partial charge in [0.25, 0.3) is 0 Å². The van der Waals surface area contributed by atoms with Gasteiger partial charge in [-0.15, -0.1) is 0 Å². The van der Waals surface area contributed by atoms with Gasteiger partial charge in [0, 0.05) is 32.7 Å². The molecular formula is C16H30N4O. The summed E-state index contributed by atoms with van der Waals surface area (Å²) >= 11 is 0. The van der Waals surface area contributed by atoms with Crippen molar-refractivity contribution >= 4 is 6.03 Å². The molecule has 1 aliphatic carbocycles. The fraction of sp³-hybridized carbons (Fsp3) is 0.750. The van der Waals surface area contributed by atoms with Gasteiger partial charge in [-0.2, -0.15) is 5.10 Å². The molecule has 5 nitrogen and oxygen atoms in total. The molecule has 0 spiro atoms. The standard InChI is InChI=1S/C14H22N4O.C2H6.H2/c1-3-12-11-9-17(14(19)15-2)8-7-13(11)18(16-12)10-5-4-6-10;1-2;/h10H,3-9H2,1-2H3,(H,15,19);1-2H3;1H. The maximum atomic E-state index is 11.8. The van der Waals surface area contributed by atoms with Crippen LogP contribution >= 0.6 is 0 Å². The molecule has 0 saturated heterocycles. The molecule has 2 amide bonds. The van der Waals surface area contributed by atoms with E-state index in [0.717, 1.165) is 19.4 Å². The average molecular weight is 294 g/mol. The van der Waals surface area contributed by atoms with E-state index in [1.54, 1.807) is 7.05 Å². The van der Waals surface area contributed by atoms with Gasteiger partial charge in [0.1, 0.15) is 0 Å². The summed E-state index contributed by atoms with van der Waals surface area (Å²) in [5.41, 5.74) is 3.85. The van der Waals surface area contributed by atoms with Crippen LogP contribution in [-0.2, 0) is 19.4 Å². The van der Waals surface area contributed by atoms with Gasteiger partial charge in [-0.1, -0.05) is 20.8 Å². The van der Waals surface area contributed by atoms with E-state index in [9.17, 15) is 4.79 Å². The van der Waals surface area contributed by atoms with E-state index in [0.29, 0.717) is 12.6 Å². The molecule has 0 aromatic carbocycles. The number of aryl methyl sites for hydroxylation is 1. The Bertz CT molecular complexity index is 497. The number of amides is 2. The SMILES string of the molecule is CC.CCc1nn(C2CCC2)c2c1CN(C(=O)NC)CC2.[HH]. The van der Waals surface area contributed by atoms with Crippen molar-refractivity contribution in [2.75, 3.05) is 13.6 Å². The lowest BCUT2D eigenvalue weighted by Crippen LogP contribution is -2.41. The fourth-order valence-corrected chi connectivity index (χ4v) is 3.06. The van der Waals surface area contributed by atoms with Gasteiger partial charge in [-0.3, -0.25) is 4.68 Å². The monoisotopic (exact) mass is 294 g/mol. The van der Waals surface area contributed by atoms with E-state index in [2.05, 4.69) is 16.9 Å². The van der Waals surface area contributed by atoms with Gasteiger partial charge in [-0.25, -0.2) is 4.79 Å². The molecule has 120 valence electrons. The van der Waals surface area contributed by atoms with Crippen LogP contribution in [0.3, 0.4) is 0 Å². The zero-order chi connectivity index (χ0) is 15.4. The van der Waals surface area contributed by atoms with Gasteiger partial charge in [0.2, 0.25) is 0 Å². The second-order valence-corrected chi connectivity index (χ2v) is 5.48. The summed E-state index contributed by atoms with van der Waals surface area (Å²) in [6, 6.07) is 0.629. The normalized spacial score (nSPS) is 17.4. The third-order valence-electron chi connectivity index (χ3n) is 4.43. The van der Waals surface area contributed by atoms with Gasteiger partial charge in [0.15, 0.2) is 0 Å². The first-order valence-electron chi connectivity index (χ1n) is 8.30. The number of carbonyl (C=O) groups excluding carboxylic acids is 1. The molecule has 5 heteroatoms. The zero-order valence-electron chi connectivity index (χ0n) is 13.8. The molecule has 0 unspecified atom stereocenters. The smallest absolute Gasteiger partial charge is 0.317 e. The summed E-state index contributed by atoms with van der Waals surface area (Å²) < 4.78 is 2.26. The number of hydrogen-bond acceptors (Lipinski definition) is 2. The lowest BCUT2D eigenvalue weighted by molar-refractivity contribution is 0.192. The predicted molar refractivity (Wildman–Crippen MR) is 86.5 cm³/mol. The Hall–Kier alpha value is -1.52. The highest BCUT2D eigenvalue weighted by Gasteiger charge is 2.30. The van der Waals surface area contributed by atoms with Crippen LogP contribution in [0.4, 0.5) is 4.79 Å². The minimum atomic E-state index is 0. The van der Waals surface area contributed by atoms with Gasteiger partial charge in [-0.05, 0) is 25.7 Å². The molecule has 1 fully saturated rings. The van der Waals surface area contributed by atoms with Crippen molar-refractivity contribution < 1.29 is 6.22 Å². The highest BCUT2D eigenvalue weighted by molar-refractivity contribution is 5.74. The summed E-state index contributed by atoms with van der Waals surface area (Å²) in [5.74, 6) is 0. The molecule has 1 aromatic heterocycles. The summed E-state index contributed by atoms with van der Waals surface area (Å²) in [5, 5.41) is 7.52. The number of nitrogens with one attached hydrogen (secondary N) is 1. The van der Waals surface area contributed by atoms with Crippen LogP contribution in [0, 0.1) is 0 Å². The number of rotatable bonds is 2. The number of fused-ring (bicyclic) bond motifs is 1. The van der Waals surface area contributed by atoms with E-state index >= 15 is 0 Å². The van der Waals surface area contributed by atoms with E-state index in [1.807, 2.05) is 18.7 Å². The van der Waals surface area contributed by atoms with E-state index in [4.69, 9.17) is 5.10 Å². The van der Waals surface area contributed by atoms with E-state index in [1.165, 1.54) is 36.2 Å². The fourth-order valence-electron chi connectivity index (χ4n) is 3.06. The zero-order valence-corrected chi connectivity index (χ0v) is 13.8. The molecular weight excluding hydrogens is 264 g/mol. The largest absolute Gasteiger partial charge is 0.341 e. The molecule has 3 rings (SSSR count). The van der Waals surface area contributed by atoms with Crippen LogP contribution in [0.2, 0.25) is 0 Å². The molecule has 0 radical (unpaired) electrons. The summed E-state index contributed by atoms with van der Waals surface area (Å²) in [4.78, 5) is 13.7. The van der Waals surface area contributed by atoms with Crippen molar-refractivity contribution in [2.45, 2.75) is 65.5 Å². The maximum absolute atomic E-state index is 11.8. The molecule has 21 heavy (non-hydrogen) atoms. The number of carbonyl (C=O) groups is 1. The molecule has 0 bridgehead atoms. The highest BCUT2D eigenvalue weighted by atomic mass is 16.2. The van der Waals surface area contributed by atoms with Crippen molar-refractivity contribution in [1.29, 1.82) is 0 Å².